The molecule has 1 aromatic rings. The van der Waals surface area contributed by atoms with E-state index in [-0.39, 0.29) is 0 Å². The van der Waals surface area contributed by atoms with Crippen LogP contribution in [0.3, 0.4) is 0 Å². The number of halogens is 1. The van der Waals surface area contributed by atoms with E-state index in [4.69, 9.17) is 4.74 Å². The van der Waals surface area contributed by atoms with Crippen LogP contribution < -0.4 is 4.74 Å². The lowest BCUT2D eigenvalue weighted by Crippen LogP contribution is -1.91. The fraction of sp³-hybridized carbons (Fsp3) is 0.250. The topological polar surface area (TPSA) is 9.23 Å². The van der Waals surface area contributed by atoms with Crippen LogP contribution >= 0.6 is 15.9 Å². The van der Waals surface area contributed by atoms with Gasteiger partial charge in [-0.05, 0) is 28.9 Å². The molecule has 0 spiro atoms. The maximum Gasteiger partial charge on any atom is 0.141 e. The Hall–Kier alpha value is -0.500. The van der Waals surface area contributed by atoms with E-state index in [1.807, 2.05) is 25.1 Å². The molecule has 1 aromatic carbocycles. The molecule has 0 aromatic heterocycles. The van der Waals surface area contributed by atoms with E-state index >= 15 is 0 Å². The third-order valence-corrected chi connectivity index (χ3v) is 1.68. The molecule has 0 fully saturated rings. The van der Waals surface area contributed by atoms with Crippen molar-refractivity contribution in [3.8, 4) is 5.75 Å². The van der Waals surface area contributed by atoms with Crippen molar-refractivity contribution >= 4 is 15.9 Å². The monoisotopic (exact) mass is 199 g/mol. The van der Waals surface area contributed by atoms with Crippen LogP contribution in [-0.4, -0.2) is 6.61 Å². The van der Waals surface area contributed by atoms with Crippen LogP contribution in [0.4, 0.5) is 0 Å². The number of rotatable bonds is 2. The predicted molar refractivity (Wildman–Crippen MR) is 44.1 cm³/mol. The van der Waals surface area contributed by atoms with Gasteiger partial charge in [0.05, 0.1) is 11.1 Å². The van der Waals surface area contributed by atoms with Crippen molar-refractivity contribution in [3.05, 3.63) is 28.7 Å². The predicted octanol–water partition coefficient (Wildman–Crippen LogP) is 2.65. The quantitative estimate of drug-likeness (QED) is 0.712. The van der Waals surface area contributed by atoms with Gasteiger partial charge >= 0.3 is 0 Å². The van der Waals surface area contributed by atoms with Crippen molar-refractivity contribution in [2.24, 2.45) is 0 Å². The van der Waals surface area contributed by atoms with E-state index in [0.717, 1.165) is 10.2 Å². The van der Waals surface area contributed by atoms with Gasteiger partial charge in [0.2, 0.25) is 0 Å². The number of benzene rings is 1. The summed E-state index contributed by atoms with van der Waals surface area (Å²) in [4.78, 5) is 0. The van der Waals surface area contributed by atoms with Crippen molar-refractivity contribution in [1.82, 2.24) is 0 Å². The highest BCUT2D eigenvalue weighted by atomic mass is 79.9. The molecular formula is C8H8BrO. The minimum absolute atomic E-state index is 0.680. The normalized spacial score (nSPS) is 9.40. The fourth-order valence-electron chi connectivity index (χ4n) is 0.656. The SMILES string of the molecule is CCOc1[c]cccc1Br. The molecule has 53 valence electrons. The Labute approximate surface area is 69.1 Å². The van der Waals surface area contributed by atoms with Crippen LogP contribution in [0.25, 0.3) is 0 Å². The zero-order valence-corrected chi connectivity index (χ0v) is 7.31. The number of hydrogen-bond donors (Lipinski definition) is 0. The number of ether oxygens (including phenoxy) is 1. The Morgan fingerprint density at radius 2 is 2.50 bits per heavy atom. The standard InChI is InChI=1S/C8H8BrO/c1-2-10-8-6-4-3-5-7(8)9/h3-5H,2H2,1H3. The molecule has 2 heteroatoms. The second kappa shape index (κ2) is 3.62. The average molecular weight is 200 g/mol. The molecule has 0 aliphatic carbocycles. The van der Waals surface area contributed by atoms with Gasteiger partial charge in [0.25, 0.3) is 0 Å². The van der Waals surface area contributed by atoms with Crippen molar-refractivity contribution in [1.29, 1.82) is 0 Å². The molecule has 0 aliphatic heterocycles. The van der Waals surface area contributed by atoms with Crippen LogP contribution in [0.2, 0.25) is 0 Å². The maximum absolute atomic E-state index is 5.23. The molecule has 1 radical (unpaired) electrons. The summed E-state index contributed by atoms with van der Waals surface area (Å²) in [5, 5.41) is 0. The van der Waals surface area contributed by atoms with Crippen molar-refractivity contribution in [2.75, 3.05) is 6.61 Å². The Morgan fingerprint density at radius 3 is 3.10 bits per heavy atom. The van der Waals surface area contributed by atoms with Gasteiger partial charge in [0, 0.05) is 6.07 Å². The van der Waals surface area contributed by atoms with Gasteiger partial charge in [-0.2, -0.15) is 0 Å². The lowest BCUT2D eigenvalue weighted by atomic mass is 10.3. The van der Waals surface area contributed by atoms with Crippen molar-refractivity contribution in [2.45, 2.75) is 6.92 Å². The van der Waals surface area contributed by atoms with E-state index < -0.39 is 0 Å². The second-order valence-electron chi connectivity index (χ2n) is 1.78. The van der Waals surface area contributed by atoms with E-state index in [1.54, 1.807) is 0 Å². The van der Waals surface area contributed by atoms with E-state index in [1.165, 1.54) is 0 Å². The first-order valence-electron chi connectivity index (χ1n) is 3.13. The fourth-order valence-corrected chi connectivity index (χ4v) is 1.04. The number of para-hydroxylation sites is 1. The van der Waals surface area contributed by atoms with Gasteiger partial charge in [0.1, 0.15) is 5.75 Å². The lowest BCUT2D eigenvalue weighted by molar-refractivity contribution is 0.337. The molecule has 0 heterocycles. The average Bonchev–Trinajstić information content (AvgIpc) is 1.94. The van der Waals surface area contributed by atoms with Crippen molar-refractivity contribution < 1.29 is 4.74 Å². The van der Waals surface area contributed by atoms with Gasteiger partial charge in [0.15, 0.2) is 0 Å². The highest BCUT2D eigenvalue weighted by Gasteiger charge is 1.95. The molecule has 10 heavy (non-hydrogen) atoms. The van der Waals surface area contributed by atoms with Crippen LogP contribution in [0.15, 0.2) is 22.7 Å². The maximum atomic E-state index is 5.23. The summed E-state index contributed by atoms with van der Waals surface area (Å²) in [6.45, 7) is 2.63. The molecular weight excluding hydrogens is 192 g/mol. The first-order valence-corrected chi connectivity index (χ1v) is 3.93. The molecule has 0 N–H and O–H groups in total. The smallest absolute Gasteiger partial charge is 0.141 e. The molecule has 1 rings (SSSR count). The van der Waals surface area contributed by atoms with Gasteiger partial charge in [-0.25, -0.2) is 0 Å². The minimum atomic E-state index is 0.680. The van der Waals surface area contributed by atoms with Gasteiger partial charge in [-0.1, -0.05) is 12.1 Å². The third kappa shape index (κ3) is 1.74. The summed E-state index contributed by atoms with van der Waals surface area (Å²) >= 11 is 3.34. The van der Waals surface area contributed by atoms with E-state index in [2.05, 4.69) is 22.0 Å². The Morgan fingerprint density at radius 1 is 1.70 bits per heavy atom. The highest BCUT2D eigenvalue weighted by Crippen LogP contribution is 2.22. The Bertz CT molecular complexity index is 210. The summed E-state index contributed by atoms with van der Waals surface area (Å²) < 4.78 is 6.19. The summed E-state index contributed by atoms with van der Waals surface area (Å²) in [5.74, 6) is 0.782. The third-order valence-electron chi connectivity index (χ3n) is 1.06. The van der Waals surface area contributed by atoms with Gasteiger partial charge in [-0.15, -0.1) is 0 Å². The van der Waals surface area contributed by atoms with Crippen LogP contribution in [0.5, 0.6) is 5.75 Å². The Kier molecular flexibility index (Phi) is 2.75. The largest absolute Gasteiger partial charge is 0.492 e. The summed E-state index contributed by atoms with van der Waals surface area (Å²) in [6.07, 6.45) is 0. The van der Waals surface area contributed by atoms with E-state index in [0.29, 0.717) is 6.61 Å². The van der Waals surface area contributed by atoms with E-state index in [9.17, 15) is 0 Å². The molecule has 0 saturated heterocycles. The summed E-state index contributed by atoms with van der Waals surface area (Å²) in [6, 6.07) is 8.64. The molecule has 0 amide bonds. The first-order chi connectivity index (χ1) is 4.84. The van der Waals surface area contributed by atoms with Crippen LogP contribution in [-0.2, 0) is 0 Å². The molecule has 0 atom stereocenters. The zero-order valence-electron chi connectivity index (χ0n) is 5.73. The lowest BCUT2D eigenvalue weighted by Gasteiger charge is -2.02. The second-order valence-corrected chi connectivity index (χ2v) is 2.63. The highest BCUT2D eigenvalue weighted by molar-refractivity contribution is 9.10. The molecule has 1 nitrogen and oxygen atoms in total. The molecule has 0 aliphatic rings. The van der Waals surface area contributed by atoms with Crippen molar-refractivity contribution in [3.63, 3.8) is 0 Å². The van der Waals surface area contributed by atoms with Gasteiger partial charge in [-0.3, -0.25) is 0 Å². The molecule has 0 unspecified atom stereocenters. The molecule has 0 bridgehead atoms. The Balaban J connectivity index is 2.81. The minimum Gasteiger partial charge on any atom is -0.492 e. The van der Waals surface area contributed by atoms with Crippen LogP contribution in [0, 0.1) is 6.07 Å². The van der Waals surface area contributed by atoms with Crippen LogP contribution in [0.1, 0.15) is 6.92 Å². The summed E-state index contributed by atoms with van der Waals surface area (Å²) in [5.41, 5.74) is 0. The first kappa shape index (κ1) is 7.61. The van der Waals surface area contributed by atoms with Gasteiger partial charge < -0.3 is 4.74 Å². The zero-order chi connectivity index (χ0) is 7.40. The molecule has 0 saturated carbocycles. The summed E-state index contributed by atoms with van der Waals surface area (Å²) in [7, 11) is 0. The number of hydrogen-bond acceptors (Lipinski definition) is 1.